The highest BCUT2D eigenvalue weighted by Gasteiger charge is 2.34. The number of hydrogen-bond acceptors (Lipinski definition) is 5. The SMILES string of the molecule is CC1(C(=O)O)C=CC=C(C(=O)O)C1.CCOC(=O)c1ccnn1-c1cc2ccccc2cc1F. The van der Waals surface area contributed by atoms with Gasteiger partial charge < -0.3 is 14.9 Å². The number of aromatic nitrogens is 2. The maximum Gasteiger partial charge on any atom is 0.357 e. The highest BCUT2D eigenvalue weighted by atomic mass is 19.1. The number of carboxylic acid groups (broad SMARTS) is 2. The van der Waals surface area contributed by atoms with Crippen LogP contribution >= 0.6 is 0 Å². The molecule has 9 heteroatoms. The van der Waals surface area contributed by atoms with E-state index in [-0.39, 0.29) is 30.0 Å². The molecule has 4 rings (SSSR count). The number of hydrogen-bond donors (Lipinski definition) is 2. The Morgan fingerprint density at radius 2 is 1.82 bits per heavy atom. The van der Waals surface area contributed by atoms with E-state index in [1.165, 1.54) is 48.2 Å². The van der Waals surface area contributed by atoms with Gasteiger partial charge in [-0.1, -0.05) is 42.5 Å². The minimum atomic E-state index is -1.08. The van der Waals surface area contributed by atoms with E-state index in [0.717, 1.165) is 10.8 Å². The average Bonchev–Trinajstić information content (AvgIpc) is 3.29. The summed E-state index contributed by atoms with van der Waals surface area (Å²) in [6, 6.07) is 12.0. The van der Waals surface area contributed by atoms with Crippen molar-refractivity contribution in [3.05, 3.63) is 84.0 Å². The van der Waals surface area contributed by atoms with Crippen LogP contribution in [0, 0.1) is 11.2 Å². The lowest BCUT2D eigenvalue weighted by molar-refractivity contribution is -0.145. The van der Waals surface area contributed by atoms with Crippen LogP contribution in [0.15, 0.2) is 72.5 Å². The van der Waals surface area contributed by atoms with E-state index >= 15 is 0 Å². The van der Waals surface area contributed by atoms with E-state index in [1.807, 2.05) is 24.3 Å². The molecule has 1 unspecified atom stereocenters. The van der Waals surface area contributed by atoms with Gasteiger partial charge >= 0.3 is 17.9 Å². The summed E-state index contributed by atoms with van der Waals surface area (Å²) in [7, 11) is 0. The summed E-state index contributed by atoms with van der Waals surface area (Å²) >= 11 is 0. The van der Waals surface area contributed by atoms with E-state index in [0.29, 0.717) is 0 Å². The molecule has 0 aliphatic heterocycles. The van der Waals surface area contributed by atoms with Crippen molar-refractivity contribution in [3.8, 4) is 5.69 Å². The van der Waals surface area contributed by atoms with E-state index in [9.17, 15) is 18.8 Å². The normalized spacial score (nSPS) is 16.9. The molecular formula is C25H23FN2O6. The number of halogens is 1. The Bertz CT molecular complexity index is 1310. The number of carbonyl (C=O) groups is 3. The molecule has 0 radical (unpaired) electrons. The molecule has 8 nitrogen and oxygen atoms in total. The monoisotopic (exact) mass is 466 g/mol. The van der Waals surface area contributed by atoms with Crippen molar-refractivity contribution in [2.45, 2.75) is 20.3 Å². The lowest BCUT2D eigenvalue weighted by Crippen LogP contribution is -2.28. The predicted molar refractivity (Wildman–Crippen MR) is 122 cm³/mol. The van der Waals surface area contributed by atoms with Gasteiger partial charge in [0.05, 0.1) is 18.2 Å². The third kappa shape index (κ3) is 5.20. The number of benzene rings is 2. The van der Waals surface area contributed by atoms with Crippen LogP contribution in [-0.2, 0) is 14.3 Å². The molecule has 2 N–H and O–H groups in total. The molecule has 34 heavy (non-hydrogen) atoms. The molecule has 2 aromatic carbocycles. The topological polar surface area (TPSA) is 119 Å². The highest BCUT2D eigenvalue weighted by Crippen LogP contribution is 2.31. The molecule has 0 fully saturated rings. The Kier molecular flexibility index (Phi) is 7.25. The van der Waals surface area contributed by atoms with Crippen LogP contribution in [0.4, 0.5) is 4.39 Å². The third-order valence-electron chi connectivity index (χ3n) is 5.25. The lowest BCUT2D eigenvalue weighted by Gasteiger charge is -2.23. The summed E-state index contributed by atoms with van der Waals surface area (Å²) in [4.78, 5) is 33.2. The molecule has 1 aliphatic rings. The summed E-state index contributed by atoms with van der Waals surface area (Å²) in [5.41, 5.74) is -0.525. The van der Waals surface area contributed by atoms with Crippen LogP contribution in [0.25, 0.3) is 16.5 Å². The van der Waals surface area contributed by atoms with Crippen LogP contribution in [0.3, 0.4) is 0 Å². The first-order chi connectivity index (χ1) is 16.2. The Morgan fingerprint density at radius 1 is 1.15 bits per heavy atom. The standard InChI is InChI=1S/C16H13FN2O2.C9H10O4/c1-2-21-16(20)14-7-8-18-19(14)15-10-12-6-4-3-5-11(12)9-13(15)17;1-9(8(12)13)4-2-3-6(5-9)7(10)11/h3-10H,2H2,1H3;2-4H,5H2,1H3,(H,10,11)(H,12,13). The van der Waals surface area contributed by atoms with Crippen LogP contribution < -0.4 is 0 Å². The van der Waals surface area contributed by atoms with Gasteiger partial charge in [-0.05, 0) is 49.2 Å². The summed E-state index contributed by atoms with van der Waals surface area (Å²) in [5.74, 6) is -3.03. The Balaban J connectivity index is 0.000000215. The number of aliphatic carboxylic acids is 2. The van der Waals surface area contributed by atoms with Crippen molar-refractivity contribution in [1.29, 1.82) is 0 Å². The van der Waals surface area contributed by atoms with E-state index in [4.69, 9.17) is 14.9 Å². The Hall–Kier alpha value is -4.27. The Morgan fingerprint density at radius 3 is 2.44 bits per heavy atom. The fourth-order valence-electron chi connectivity index (χ4n) is 3.40. The minimum Gasteiger partial charge on any atom is -0.481 e. The van der Waals surface area contributed by atoms with Gasteiger partial charge in [0.1, 0.15) is 11.5 Å². The van der Waals surface area contributed by atoms with Crippen LogP contribution in [0.2, 0.25) is 0 Å². The van der Waals surface area contributed by atoms with Gasteiger partial charge in [-0.25, -0.2) is 18.7 Å². The molecule has 1 atom stereocenters. The fourth-order valence-corrected chi connectivity index (χ4v) is 3.40. The number of allylic oxidation sites excluding steroid dienone is 2. The number of nitrogens with zero attached hydrogens (tertiary/aromatic N) is 2. The average molecular weight is 466 g/mol. The van der Waals surface area contributed by atoms with Crippen molar-refractivity contribution in [3.63, 3.8) is 0 Å². The smallest absolute Gasteiger partial charge is 0.357 e. The zero-order valence-corrected chi connectivity index (χ0v) is 18.6. The molecule has 1 aliphatic carbocycles. The van der Waals surface area contributed by atoms with Crippen LogP contribution in [0.1, 0.15) is 30.8 Å². The van der Waals surface area contributed by atoms with Crippen LogP contribution in [0.5, 0.6) is 0 Å². The summed E-state index contributed by atoms with van der Waals surface area (Å²) in [5, 5.41) is 23.2. The number of esters is 1. The molecular weight excluding hydrogens is 443 g/mol. The van der Waals surface area contributed by atoms with Gasteiger partial charge in [0, 0.05) is 5.57 Å². The lowest BCUT2D eigenvalue weighted by atomic mass is 9.80. The Labute approximate surface area is 194 Å². The van der Waals surface area contributed by atoms with Gasteiger partial charge in [-0.2, -0.15) is 5.10 Å². The minimum absolute atomic E-state index is 0.0359. The quantitative estimate of drug-likeness (QED) is 0.535. The number of ether oxygens (including phenoxy) is 1. The second-order valence-corrected chi connectivity index (χ2v) is 7.76. The van der Waals surface area contributed by atoms with Crippen molar-refractivity contribution in [2.24, 2.45) is 5.41 Å². The molecule has 3 aromatic rings. The van der Waals surface area contributed by atoms with Gasteiger partial charge in [0.2, 0.25) is 0 Å². The molecule has 0 saturated carbocycles. The largest absolute Gasteiger partial charge is 0.481 e. The maximum absolute atomic E-state index is 14.3. The van der Waals surface area contributed by atoms with Crippen LogP contribution in [-0.4, -0.2) is 44.5 Å². The second kappa shape index (κ2) is 10.1. The zero-order chi connectivity index (χ0) is 24.9. The molecule has 0 saturated heterocycles. The summed E-state index contributed by atoms with van der Waals surface area (Å²) in [6.45, 7) is 3.47. The fraction of sp³-hybridized carbons (Fsp3) is 0.200. The van der Waals surface area contributed by atoms with E-state index in [2.05, 4.69) is 5.10 Å². The highest BCUT2D eigenvalue weighted by molar-refractivity contribution is 5.90. The van der Waals surface area contributed by atoms with E-state index in [1.54, 1.807) is 13.0 Å². The second-order valence-electron chi connectivity index (χ2n) is 7.76. The number of carbonyl (C=O) groups excluding carboxylic acids is 1. The summed E-state index contributed by atoms with van der Waals surface area (Å²) in [6.07, 6.45) is 5.88. The van der Waals surface area contributed by atoms with Crippen molar-refractivity contribution in [2.75, 3.05) is 6.61 Å². The van der Waals surface area contributed by atoms with Crippen molar-refractivity contribution >= 4 is 28.7 Å². The van der Waals surface area contributed by atoms with Gasteiger partial charge in [-0.3, -0.25) is 4.79 Å². The number of rotatable bonds is 5. The molecule has 0 bridgehead atoms. The van der Waals surface area contributed by atoms with Crippen molar-refractivity contribution < 1.29 is 33.7 Å². The zero-order valence-electron chi connectivity index (χ0n) is 18.6. The van der Waals surface area contributed by atoms with Gasteiger partial charge in [-0.15, -0.1) is 0 Å². The first-order valence-electron chi connectivity index (χ1n) is 10.4. The summed E-state index contributed by atoms with van der Waals surface area (Å²) < 4.78 is 20.5. The van der Waals surface area contributed by atoms with Crippen molar-refractivity contribution in [1.82, 2.24) is 9.78 Å². The molecule has 176 valence electrons. The maximum atomic E-state index is 14.3. The first kappa shape index (κ1) is 24.4. The molecule has 0 spiro atoms. The van der Waals surface area contributed by atoms with E-state index < -0.39 is 29.1 Å². The molecule has 1 aromatic heterocycles. The molecule has 1 heterocycles. The number of fused-ring (bicyclic) bond motifs is 1. The van der Waals surface area contributed by atoms with Gasteiger partial charge in [0.25, 0.3) is 0 Å². The molecule has 0 amide bonds. The first-order valence-corrected chi connectivity index (χ1v) is 10.4. The number of carboxylic acids is 2. The van der Waals surface area contributed by atoms with Gasteiger partial charge in [0.15, 0.2) is 5.69 Å². The third-order valence-corrected chi connectivity index (χ3v) is 5.25. The predicted octanol–water partition coefficient (Wildman–Crippen LogP) is 4.39.